The standard InChI is InChI=1S/C12H20N2O/c1-3-10-9-11(5-6-12(10)13)14(4-2)7-8-15/h5-6,9,15H,3-4,7-8,13H2,1-2H3. The Labute approximate surface area is 91.5 Å². The Kier molecular flexibility index (Phi) is 4.43. The number of aliphatic hydroxyl groups excluding tert-OH is 1. The lowest BCUT2D eigenvalue weighted by molar-refractivity contribution is 0.302. The van der Waals surface area contributed by atoms with Crippen LogP contribution in [0.2, 0.25) is 0 Å². The van der Waals surface area contributed by atoms with Gasteiger partial charge in [0, 0.05) is 24.5 Å². The fourth-order valence-corrected chi connectivity index (χ4v) is 1.69. The Balaban J connectivity index is 2.92. The molecule has 3 heteroatoms. The average molecular weight is 208 g/mol. The summed E-state index contributed by atoms with van der Waals surface area (Å²) in [4.78, 5) is 2.14. The molecule has 1 aromatic rings. The van der Waals surface area contributed by atoms with E-state index in [0.717, 1.165) is 24.3 Å². The predicted molar refractivity (Wildman–Crippen MR) is 65.2 cm³/mol. The number of rotatable bonds is 5. The summed E-state index contributed by atoms with van der Waals surface area (Å²) in [5.41, 5.74) is 9.00. The SMILES string of the molecule is CCc1cc(N(CC)CCO)ccc1N. The molecule has 15 heavy (non-hydrogen) atoms. The number of nitrogens with two attached hydrogens (primary N) is 1. The van der Waals surface area contributed by atoms with Crippen LogP contribution in [0.5, 0.6) is 0 Å². The van der Waals surface area contributed by atoms with Gasteiger partial charge in [-0.3, -0.25) is 0 Å². The molecule has 1 aromatic carbocycles. The minimum atomic E-state index is 0.180. The summed E-state index contributed by atoms with van der Waals surface area (Å²) >= 11 is 0. The number of nitrogen functional groups attached to an aromatic ring is 1. The zero-order valence-electron chi connectivity index (χ0n) is 9.53. The Morgan fingerprint density at radius 1 is 1.33 bits per heavy atom. The summed E-state index contributed by atoms with van der Waals surface area (Å²) in [6.45, 7) is 5.92. The first-order valence-electron chi connectivity index (χ1n) is 5.47. The molecule has 0 atom stereocenters. The lowest BCUT2D eigenvalue weighted by Crippen LogP contribution is -2.26. The number of anilines is 2. The van der Waals surface area contributed by atoms with E-state index >= 15 is 0 Å². The minimum absolute atomic E-state index is 0.180. The van der Waals surface area contributed by atoms with Crippen LogP contribution in [0.25, 0.3) is 0 Å². The van der Waals surface area contributed by atoms with Crippen molar-refractivity contribution in [3.05, 3.63) is 23.8 Å². The van der Waals surface area contributed by atoms with Crippen LogP contribution in [0.15, 0.2) is 18.2 Å². The van der Waals surface area contributed by atoms with Gasteiger partial charge in [-0.2, -0.15) is 0 Å². The molecule has 0 aromatic heterocycles. The number of aliphatic hydroxyl groups is 1. The Hall–Kier alpha value is -1.22. The van der Waals surface area contributed by atoms with Gasteiger partial charge in [0.25, 0.3) is 0 Å². The van der Waals surface area contributed by atoms with E-state index in [4.69, 9.17) is 10.8 Å². The number of hydrogen-bond donors (Lipinski definition) is 2. The van der Waals surface area contributed by atoms with Crippen LogP contribution >= 0.6 is 0 Å². The summed E-state index contributed by atoms with van der Waals surface area (Å²) in [6, 6.07) is 6.05. The maximum absolute atomic E-state index is 8.94. The molecule has 0 bridgehead atoms. The van der Waals surface area contributed by atoms with E-state index in [0.29, 0.717) is 6.54 Å². The third-order valence-electron chi connectivity index (χ3n) is 2.62. The molecule has 0 aliphatic heterocycles. The van der Waals surface area contributed by atoms with Crippen LogP contribution in [0.3, 0.4) is 0 Å². The molecule has 0 unspecified atom stereocenters. The van der Waals surface area contributed by atoms with Crippen molar-refractivity contribution >= 4 is 11.4 Å². The molecule has 0 spiro atoms. The van der Waals surface area contributed by atoms with E-state index in [9.17, 15) is 0 Å². The molecule has 3 N–H and O–H groups in total. The van der Waals surface area contributed by atoms with Crippen LogP contribution < -0.4 is 10.6 Å². The largest absolute Gasteiger partial charge is 0.399 e. The summed E-state index contributed by atoms with van der Waals surface area (Å²) in [5.74, 6) is 0. The first-order chi connectivity index (χ1) is 7.22. The maximum atomic E-state index is 8.94. The van der Waals surface area contributed by atoms with Gasteiger partial charge in [0.1, 0.15) is 0 Å². The third-order valence-corrected chi connectivity index (χ3v) is 2.62. The van der Waals surface area contributed by atoms with Crippen LogP contribution in [0.4, 0.5) is 11.4 Å². The number of likely N-dealkylation sites (N-methyl/N-ethyl adjacent to an activating group) is 1. The van der Waals surface area contributed by atoms with Crippen LogP contribution in [-0.2, 0) is 6.42 Å². The minimum Gasteiger partial charge on any atom is -0.399 e. The van der Waals surface area contributed by atoms with Gasteiger partial charge in [-0.1, -0.05) is 6.92 Å². The molecule has 0 heterocycles. The third kappa shape index (κ3) is 2.86. The van der Waals surface area contributed by atoms with Gasteiger partial charge in [0.2, 0.25) is 0 Å². The van der Waals surface area contributed by atoms with Crippen molar-refractivity contribution in [2.45, 2.75) is 20.3 Å². The van der Waals surface area contributed by atoms with Crippen molar-refractivity contribution in [2.24, 2.45) is 0 Å². The van der Waals surface area contributed by atoms with Gasteiger partial charge in [0.15, 0.2) is 0 Å². The van der Waals surface area contributed by atoms with Crippen molar-refractivity contribution in [3.8, 4) is 0 Å². The van der Waals surface area contributed by atoms with Crippen molar-refractivity contribution in [2.75, 3.05) is 30.3 Å². The Morgan fingerprint density at radius 3 is 2.60 bits per heavy atom. The average Bonchev–Trinajstić information content (AvgIpc) is 2.27. The van der Waals surface area contributed by atoms with Crippen molar-refractivity contribution in [1.29, 1.82) is 0 Å². The van der Waals surface area contributed by atoms with Crippen molar-refractivity contribution in [3.63, 3.8) is 0 Å². The van der Waals surface area contributed by atoms with Gasteiger partial charge in [-0.25, -0.2) is 0 Å². The van der Waals surface area contributed by atoms with Gasteiger partial charge < -0.3 is 15.7 Å². The first kappa shape index (κ1) is 11.9. The molecule has 0 fully saturated rings. The monoisotopic (exact) mass is 208 g/mol. The molecule has 0 radical (unpaired) electrons. The molecule has 3 nitrogen and oxygen atoms in total. The van der Waals surface area contributed by atoms with Gasteiger partial charge in [-0.15, -0.1) is 0 Å². The predicted octanol–water partition coefficient (Wildman–Crippen LogP) is 1.65. The van der Waals surface area contributed by atoms with Gasteiger partial charge >= 0.3 is 0 Å². The van der Waals surface area contributed by atoms with Gasteiger partial charge in [-0.05, 0) is 37.1 Å². The zero-order valence-corrected chi connectivity index (χ0v) is 9.53. The van der Waals surface area contributed by atoms with E-state index in [1.807, 2.05) is 12.1 Å². The number of aryl methyl sites for hydroxylation is 1. The van der Waals surface area contributed by atoms with E-state index < -0.39 is 0 Å². The summed E-state index contributed by atoms with van der Waals surface area (Å²) in [6.07, 6.45) is 0.941. The topological polar surface area (TPSA) is 49.5 Å². The van der Waals surface area contributed by atoms with Crippen LogP contribution in [0, 0.1) is 0 Å². The molecule has 0 saturated carbocycles. The van der Waals surface area contributed by atoms with E-state index in [2.05, 4.69) is 24.8 Å². The number of hydrogen-bond acceptors (Lipinski definition) is 3. The highest BCUT2D eigenvalue weighted by Crippen LogP contribution is 2.21. The normalized spacial score (nSPS) is 10.3. The molecule has 0 aliphatic rings. The quantitative estimate of drug-likeness (QED) is 0.723. The molecule has 0 aliphatic carbocycles. The maximum Gasteiger partial charge on any atom is 0.0606 e. The smallest absolute Gasteiger partial charge is 0.0606 e. The second-order valence-electron chi connectivity index (χ2n) is 3.54. The molecular weight excluding hydrogens is 188 g/mol. The summed E-state index contributed by atoms with van der Waals surface area (Å²) in [7, 11) is 0. The van der Waals surface area contributed by atoms with Crippen molar-refractivity contribution < 1.29 is 5.11 Å². The highest BCUT2D eigenvalue weighted by Gasteiger charge is 2.05. The fraction of sp³-hybridized carbons (Fsp3) is 0.500. The molecule has 1 rings (SSSR count). The molecule has 84 valence electrons. The van der Waals surface area contributed by atoms with Crippen LogP contribution in [0.1, 0.15) is 19.4 Å². The fourth-order valence-electron chi connectivity index (χ4n) is 1.69. The molecular formula is C12H20N2O. The lowest BCUT2D eigenvalue weighted by Gasteiger charge is -2.23. The first-order valence-corrected chi connectivity index (χ1v) is 5.47. The zero-order chi connectivity index (χ0) is 11.3. The summed E-state index contributed by atoms with van der Waals surface area (Å²) in [5, 5.41) is 8.94. The second kappa shape index (κ2) is 5.61. The Morgan fingerprint density at radius 2 is 2.07 bits per heavy atom. The van der Waals surface area contributed by atoms with E-state index in [-0.39, 0.29) is 6.61 Å². The number of benzene rings is 1. The van der Waals surface area contributed by atoms with Crippen LogP contribution in [-0.4, -0.2) is 24.8 Å². The second-order valence-corrected chi connectivity index (χ2v) is 3.54. The molecule has 0 amide bonds. The summed E-state index contributed by atoms with van der Waals surface area (Å²) < 4.78 is 0. The number of nitrogens with zero attached hydrogens (tertiary/aromatic N) is 1. The highest BCUT2D eigenvalue weighted by atomic mass is 16.3. The van der Waals surface area contributed by atoms with Gasteiger partial charge in [0.05, 0.1) is 6.61 Å². The highest BCUT2D eigenvalue weighted by molar-refractivity contribution is 5.58. The van der Waals surface area contributed by atoms with Crippen molar-refractivity contribution in [1.82, 2.24) is 0 Å². The Bertz CT molecular complexity index is 312. The van der Waals surface area contributed by atoms with E-state index in [1.165, 1.54) is 5.56 Å². The molecule has 0 saturated heterocycles. The van der Waals surface area contributed by atoms with E-state index in [1.54, 1.807) is 0 Å². The lowest BCUT2D eigenvalue weighted by atomic mass is 10.1.